The molecule has 0 saturated carbocycles. The molecule has 1 aromatic rings. The van der Waals surface area contributed by atoms with Gasteiger partial charge < -0.3 is 9.64 Å². The Balaban J connectivity index is 1.91. The van der Waals surface area contributed by atoms with Crippen LogP contribution in [0.25, 0.3) is 6.08 Å². The van der Waals surface area contributed by atoms with Crippen LogP contribution in [-0.2, 0) is 4.79 Å². The summed E-state index contributed by atoms with van der Waals surface area (Å²) in [6, 6.07) is 0.363. The topological polar surface area (TPSA) is 55.3 Å². The van der Waals surface area contributed by atoms with Crippen molar-refractivity contribution in [2.45, 2.75) is 26.2 Å². The van der Waals surface area contributed by atoms with E-state index in [2.05, 4.69) is 9.97 Å². The summed E-state index contributed by atoms with van der Waals surface area (Å²) < 4.78 is 5.16. The second-order valence-corrected chi connectivity index (χ2v) is 4.45. The van der Waals surface area contributed by atoms with Gasteiger partial charge in [0.15, 0.2) is 0 Å². The Kier molecular flexibility index (Phi) is 4.89. The molecule has 0 radical (unpaired) electrons. The molecule has 1 fully saturated rings. The summed E-state index contributed by atoms with van der Waals surface area (Å²) >= 11 is 0. The molecule has 5 nitrogen and oxygen atoms in total. The zero-order chi connectivity index (χ0) is 13.5. The minimum Gasteiger partial charge on any atom is -0.464 e. The Morgan fingerprint density at radius 2 is 2.00 bits per heavy atom. The molecule has 1 aliphatic rings. The van der Waals surface area contributed by atoms with E-state index in [4.69, 9.17) is 4.74 Å². The average Bonchev–Trinajstić information content (AvgIpc) is 2.47. The number of carbonyl (C=O) groups excluding carboxylic acids is 1. The molecule has 5 heteroatoms. The van der Waals surface area contributed by atoms with E-state index in [1.165, 1.54) is 6.42 Å². The minimum atomic E-state index is 0.0635. The number of nitrogens with zero attached hydrogens (tertiary/aromatic N) is 3. The molecule has 1 aliphatic heterocycles. The van der Waals surface area contributed by atoms with Crippen molar-refractivity contribution < 1.29 is 9.53 Å². The molecular formula is C14H19N3O2. The highest BCUT2D eigenvalue weighted by Gasteiger charge is 2.13. The standard InChI is InChI=1S/C14H19N3O2/c1-2-19-14-15-10-12(11-16-14)6-7-13(18)17-8-4-3-5-9-17/h6-7,10-11H,2-5,8-9H2,1H3/b7-6+. The normalized spacial score (nSPS) is 15.7. The maximum absolute atomic E-state index is 11.9. The number of hydrogen-bond acceptors (Lipinski definition) is 4. The molecule has 0 atom stereocenters. The average molecular weight is 261 g/mol. The van der Waals surface area contributed by atoms with E-state index in [9.17, 15) is 4.79 Å². The van der Waals surface area contributed by atoms with Gasteiger partial charge in [0.05, 0.1) is 6.61 Å². The van der Waals surface area contributed by atoms with Crippen molar-refractivity contribution in [3.05, 3.63) is 24.0 Å². The quantitative estimate of drug-likeness (QED) is 0.777. The summed E-state index contributed by atoms with van der Waals surface area (Å²) in [4.78, 5) is 21.9. The van der Waals surface area contributed by atoms with Crippen LogP contribution >= 0.6 is 0 Å². The van der Waals surface area contributed by atoms with Gasteiger partial charge in [-0.1, -0.05) is 0 Å². The highest BCUT2D eigenvalue weighted by molar-refractivity contribution is 5.91. The third-order valence-electron chi connectivity index (χ3n) is 3.01. The van der Waals surface area contributed by atoms with Gasteiger partial charge in [0, 0.05) is 37.1 Å². The Morgan fingerprint density at radius 1 is 1.32 bits per heavy atom. The molecule has 0 bridgehead atoms. The van der Waals surface area contributed by atoms with Gasteiger partial charge >= 0.3 is 6.01 Å². The van der Waals surface area contributed by atoms with Crippen LogP contribution in [0.3, 0.4) is 0 Å². The third-order valence-corrected chi connectivity index (χ3v) is 3.01. The van der Waals surface area contributed by atoms with Crippen LogP contribution in [0.4, 0.5) is 0 Å². The highest BCUT2D eigenvalue weighted by atomic mass is 16.5. The number of rotatable bonds is 4. The van der Waals surface area contributed by atoms with Gasteiger partial charge in [-0.15, -0.1) is 0 Å². The Labute approximate surface area is 113 Å². The number of piperidine rings is 1. The van der Waals surface area contributed by atoms with Gasteiger partial charge in [-0.05, 0) is 32.3 Å². The van der Waals surface area contributed by atoms with E-state index in [0.717, 1.165) is 31.5 Å². The first-order valence-corrected chi connectivity index (χ1v) is 6.71. The van der Waals surface area contributed by atoms with Gasteiger partial charge in [0.2, 0.25) is 5.91 Å². The van der Waals surface area contributed by atoms with Crippen molar-refractivity contribution in [3.8, 4) is 6.01 Å². The van der Waals surface area contributed by atoms with E-state index in [1.54, 1.807) is 24.5 Å². The molecule has 0 aliphatic carbocycles. The van der Waals surface area contributed by atoms with Gasteiger partial charge in [-0.25, -0.2) is 9.97 Å². The van der Waals surface area contributed by atoms with Crippen LogP contribution < -0.4 is 4.74 Å². The maximum atomic E-state index is 11.9. The van der Waals surface area contributed by atoms with Crippen LogP contribution in [0.5, 0.6) is 6.01 Å². The molecule has 2 rings (SSSR count). The number of ether oxygens (including phenoxy) is 1. The molecule has 0 spiro atoms. The molecule has 2 heterocycles. The van der Waals surface area contributed by atoms with Crippen molar-refractivity contribution in [2.75, 3.05) is 19.7 Å². The zero-order valence-corrected chi connectivity index (χ0v) is 11.2. The summed E-state index contributed by atoms with van der Waals surface area (Å²) in [5, 5.41) is 0. The molecule has 19 heavy (non-hydrogen) atoms. The Hall–Kier alpha value is -1.91. The van der Waals surface area contributed by atoms with E-state index >= 15 is 0 Å². The zero-order valence-electron chi connectivity index (χ0n) is 11.2. The number of hydrogen-bond donors (Lipinski definition) is 0. The van der Waals surface area contributed by atoms with Crippen LogP contribution in [0.15, 0.2) is 18.5 Å². The second-order valence-electron chi connectivity index (χ2n) is 4.45. The largest absolute Gasteiger partial charge is 0.464 e. The highest BCUT2D eigenvalue weighted by Crippen LogP contribution is 2.10. The molecule has 0 unspecified atom stereocenters. The SMILES string of the molecule is CCOc1ncc(/C=C/C(=O)N2CCCCC2)cn1. The van der Waals surface area contributed by atoms with Gasteiger partial charge in [0.25, 0.3) is 0 Å². The molecular weight excluding hydrogens is 242 g/mol. The molecule has 1 amide bonds. The predicted octanol–water partition coefficient (Wildman–Crippen LogP) is 1.90. The lowest BCUT2D eigenvalue weighted by Crippen LogP contribution is -2.34. The third kappa shape index (κ3) is 4.05. The van der Waals surface area contributed by atoms with Crippen molar-refractivity contribution in [2.24, 2.45) is 0 Å². The van der Waals surface area contributed by atoms with E-state index in [-0.39, 0.29) is 5.91 Å². The van der Waals surface area contributed by atoms with Crippen molar-refractivity contribution >= 4 is 12.0 Å². The van der Waals surface area contributed by atoms with Crippen molar-refractivity contribution in [3.63, 3.8) is 0 Å². The fourth-order valence-electron chi connectivity index (χ4n) is 2.00. The van der Waals surface area contributed by atoms with Gasteiger partial charge in [0.1, 0.15) is 0 Å². The first-order valence-electron chi connectivity index (χ1n) is 6.71. The summed E-state index contributed by atoms with van der Waals surface area (Å²) in [5.74, 6) is 0.0635. The summed E-state index contributed by atoms with van der Waals surface area (Å²) in [6.07, 6.45) is 10.1. The van der Waals surface area contributed by atoms with Gasteiger partial charge in [-0.3, -0.25) is 4.79 Å². The fraction of sp³-hybridized carbons (Fsp3) is 0.500. The minimum absolute atomic E-state index is 0.0635. The monoisotopic (exact) mass is 261 g/mol. The molecule has 0 N–H and O–H groups in total. The molecule has 0 aromatic carbocycles. The number of aromatic nitrogens is 2. The summed E-state index contributed by atoms with van der Waals surface area (Å²) in [7, 11) is 0. The van der Waals surface area contributed by atoms with E-state index in [1.807, 2.05) is 11.8 Å². The second kappa shape index (κ2) is 6.87. The smallest absolute Gasteiger partial charge is 0.316 e. The number of carbonyl (C=O) groups is 1. The lowest BCUT2D eigenvalue weighted by molar-refractivity contribution is -0.126. The Bertz CT molecular complexity index is 437. The number of likely N-dealkylation sites (tertiary alicyclic amines) is 1. The fourth-order valence-corrected chi connectivity index (χ4v) is 2.00. The van der Waals surface area contributed by atoms with Crippen LogP contribution in [0.1, 0.15) is 31.7 Å². The lowest BCUT2D eigenvalue weighted by Gasteiger charge is -2.25. The first-order chi connectivity index (χ1) is 9.29. The molecule has 1 aromatic heterocycles. The van der Waals surface area contributed by atoms with E-state index < -0.39 is 0 Å². The lowest BCUT2D eigenvalue weighted by atomic mass is 10.1. The van der Waals surface area contributed by atoms with Gasteiger partial charge in [-0.2, -0.15) is 0 Å². The van der Waals surface area contributed by atoms with Crippen molar-refractivity contribution in [1.29, 1.82) is 0 Å². The Morgan fingerprint density at radius 3 is 2.63 bits per heavy atom. The van der Waals surface area contributed by atoms with Crippen molar-refractivity contribution in [1.82, 2.24) is 14.9 Å². The summed E-state index contributed by atoms with van der Waals surface area (Å²) in [6.45, 7) is 4.16. The first kappa shape index (κ1) is 13.5. The molecule has 1 saturated heterocycles. The van der Waals surface area contributed by atoms with Crippen LogP contribution in [0, 0.1) is 0 Å². The maximum Gasteiger partial charge on any atom is 0.316 e. The van der Waals surface area contributed by atoms with E-state index in [0.29, 0.717) is 12.6 Å². The number of amides is 1. The van der Waals surface area contributed by atoms with Crippen LogP contribution in [0.2, 0.25) is 0 Å². The summed E-state index contributed by atoms with van der Waals surface area (Å²) in [5.41, 5.74) is 0.800. The molecule has 102 valence electrons. The van der Waals surface area contributed by atoms with Crippen LogP contribution in [-0.4, -0.2) is 40.5 Å². The predicted molar refractivity (Wildman–Crippen MR) is 72.7 cm³/mol.